The summed E-state index contributed by atoms with van der Waals surface area (Å²) in [5.74, 6) is 0. The maximum Gasteiger partial charge on any atom is 0.0904 e. The average Bonchev–Trinajstić information content (AvgIpc) is 2.17. The Hall–Kier alpha value is -0.820. The van der Waals surface area contributed by atoms with Crippen LogP contribution in [0.25, 0.3) is 0 Å². The standard InChI is InChI=1S/C13H19N/c1-4-13-12-8-6-5-7-11(12)9-10-14(13,2)3/h5-8,13H,2,4,9-10H2,1,3H3/t13-,14+/m0/s1. The van der Waals surface area contributed by atoms with Gasteiger partial charge in [0.15, 0.2) is 0 Å². The maximum atomic E-state index is 4.32. The Morgan fingerprint density at radius 1 is 1.43 bits per heavy atom. The fourth-order valence-electron chi connectivity index (χ4n) is 2.62. The molecule has 1 aromatic rings. The van der Waals surface area contributed by atoms with Gasteiger partial charge in [-0.3, -0.25) is 0 Å². The van der Waals surface area contributed by atoms with Crippen molar-refractivity contribution < 1.29 is 4.48 Å². The predicted molar refractivity (Wildman–Crippen MR) is 59.6 cm³/mol. The van der Waals surface area contributed by atoms with Crippen molar-refractivity contribution in [1.82, 2.24) is 0 Å². The van der Waals surface area contributed by atoms with Crippen LogP contribution in [-0.2, 0) is 6.42 Å². The van der Waals surface area contributed by atoms with Crippen LogP contribution in [0.5, 0.6) is 0 Å². The molecular weight excluding hydrogens is 170 g/mol. The van der Waals surface area contributed by atoms with E-state index in [0.29, 0.717) is 6.04 Å². The minimum absolute atomic E-state index is 0.583. The second-order valence-corrected chi connectivity index (χ2v) is 4.58. The molecule has 1 nitrogen and oxygen atoms in total. The Labute approximate surface area is 86.9 Å². The second-order valence-electron chi connectivity index (χ2n) is 4.58. The molecule has 14 heavy (non-hydrogen) atoms. The van der Waals surface area contributed by atoms with Crippen LogP contribution in [0.2, 0.25) is 0 Å². The highest BCUT2D eigenvalue weighted by Gasteiger charge is 2.29. The Morgan fingerprint density at radius 3 is 2.86 bits per heavy atom. The molecule has 0 spiro atoms. The summed E-state index contributed by atoms with van der Waals surface area (Å²) in [5.41, 5.74) is 3.04. The largest absolute Gasteiger partial charge is 0.453 e. The zero-order valence-electron chi connectivity index (χ0n) is 9.16. The van der Waals surface area contributed by atoms with E-state index in [0.717, 1.165) is 11.0 Å². The van der Waals surface area contributed by atoms with Crippen LogP contribution in [0.4, 0.5) is 0 Å². The lowest BCUT2D eigenvalue weighted by Crippen LogP contribution is -2.45. The van der Waals surface area contributed by atoms with Gasteiger partial charge in [0.1, 0.15) is 0 Å². The summed E-state index contributed by atoms with van der Waals surface area (Å²) in [5, 5.41) is 0. The molecule has 2 atom stereocenters. The van der Waals surface area contributed by atoms with E-state index in [1.54, 1.807) is 0 Å². The highest BCUT2D eigenvalue weighted by molar-refractivity contribution is 5.30. The third-order valence-electron chi connectivity index (χ3n) is 3.45. The first kappa shape index (κ1) is 9.72. The number of quaternary nitrogens is 1. The summed E-state index contributed by atoms with van der Waals surface area (Å²) in [7, 11) is 6.56. The number of nitrogens with zero attached hydrogens (tertiary/aromatic N) is 1. The van der Waals surface area contributed by atoms with E-state index >= 15 is 0 Å². The Balaban J connectivity index is 2.45. The van der Waals surface area contributed by atoms with Crippen LogP contribution in [0, 0.1) is 7.05 Å². The van der Waals surface area contributed by atoms with Crippen molar-refractivity contribution in [3.63, 3.8) is 0 Å². The molecular formula is C13H19N. The number of benzene rings is 1. The van der Waals surface area contributed by atoms with Crippen molar-refractivity contribution in [1.29, 1.82) is 0 Å². The quantitative estimate of drug-likeness (QED) is 0.470. The highest BCUT2D eigenvalue weighted by atomic mass is 15.3. The van der Waals surface area contributed by atoms with Gasteiger partial charge < -0.3 is 4.48 Å². The molecule has 1 heteroatoms. The van der Waals surface area contributed by atoms with Crippen LogP contribution < -0.4 is 0 Å². The molecule has 1 aliphatic heterocycles. The van der Waals surface area contributed by atoms with Crippen molar-refractivity contribution in [3.05, 3.63) is 42.4 Å². The van der Waals surface area contributed by atoms with Crippen LogP contribution in [0.3, 0.4) is 0 Å². The molecule has 2 rings (SSSR count). The fourth-order valence-corrected chi connectivity index (χ4v) is 2.62. The Bertz CT molecular complexity index is 328. The Morgan fingerprint density at radius 2 is 2.14 bits per heavy atom. The number of hydrogen-bond donors (Lipinski definition) is 0. The van der Waals surface area contributed by atoms with Crippen molar-refractivity contribution in [3.8, 4) is 0 Å². The van der Waals surface area contributed by atoms with Gasteiger partial charge in [0.2, 0.25) is 0 Å². The van der Waals surface area contributed by atoms with Gasteiger partial charge in [0.05, 0.1) is 12.6 Å². The van der Waals surface area contributed by atoms with E-state index in [4.69, 9.17) is 0 Å². The molecule has 76 valence electrons. The first-order valence-corrected chi connectivity index (χ1v) is 5.42. The van der Waals surface area contributed by atoms with Crippen molar-refractivity contribution in [2.75, 3.05) is 13.6 Å². The second kappa shape index (κ2) is 3.39. The fraction of sp³-hybridized carbons (Fsp3) is 0.462. The molecule has 1 heterocycles. The van der Waals surface area contributed by atoms with Crippen molar-refractivity contribution in [2.45, 2.75) is 25.8 Å². The molecule has 0 aliphatic carbocycles. The Kier molecular flexibility index (Phi) is 2.36. The molecule has 0 amide bonds. The first-order valence-electron chi connectivity index (χ1n) is 5.42. The highest BCUT2D eigenvalue weighted by Crippen LogP contribution is 2.35. The molecule has 0 saturated heterocycles. The van der Waals surface area contributed by atoms with Gasteiger partial charge in [-0.05, 0) is 12.0 Å². The SMILES string of the molecule is [CH2-][N@@+]1(C)CCc2ccccc2[C@@H]1CC. The van der Waals surface area contributed by atoms with Gasteiger partial charge in [-0.1, -0.05) is 31.2 Å². The summed E-state index contributed by atoms with van der Waals surface area (Å²) in [4.78, 5) is 0. The monoisotopic (exact) mass is 189 g/mol. The van der Waals surface area contributed by atoms with Gasteiger partial charge in [-0.15, -0.1) is 7.05 Å². The average molecular weight is 189 g/mol. The van der Waals surface area contributed by atoms with E-state index in [9.17, 15) is 0 Å². The van der Waals surface area contributed by atoms with E-state index < -0.39 is 0 Å². The van der Waals surface area contributed by atoms with Gasteiger partial charge in [-0.25, -0.2) is 0 Å². The van der Waals surface area contributed by atoms with Crippen molar-refractivity contribution >= 4 is 0 Å². The van der Waals surface area contributed by atoms with E-state index in [-0.39, 0.29) is 0 Å². The summed E-state index contributed by atoms with van der Waals surface area (Å²) >= 11 is 0. The third-order valence-corrected chi connectivity index (χ3v) is 3.45. The molecule has 0 unspecified atom stereocenters. The zero-order chi connectivity index (χ0) is 10.2. The number of likely N-dealkylation sites (N-methyl/N-ethyl adjacent to an activating group) is 1. The van der Waals surface area contributed by atoms with Crippen LogP contribution in [-0.4, -0.2) is 18.1 Å². The molecule has 0 N–H and O–H groups in total. The maximum absolute atomic E-state index is 4.32. The number of hydrogen-bond acceptors (Lipinski definition) is 0. The predicted octanol–water partition coefficient (Wildman–Crippen LogP) is 2.93. The topological polar surface area (TPSA) is 0 Å². The molecule has 0 radical (unpaired) electrons. The van der Waals surface area contributed by atoms with Crippen LogP contribution in [0.1, 0.15) is 30.5 Å². The first-order chi connectivity index (χ1) is 6.65. The third kappa shape index (κ3) is 1.46. The summed E-state index contributed by atoms with van der Waals surface area (Å²) in [6.07, 6.45) is 2.35. The van der Waals surface area contributed by atoms with Gasteiger partial charge in [0, 0.05) is 19.0 Å². The normalized spacial score (nSPS) is 31.2. The lowest BCUT2D eigenvalue weighted by atomic mass is 9.90. The summed E-state index contributed by atoms with van der Waals surface area (Å²) in [6, 6.07) is 9.40. The molecule has 0 aromatic heterocycles. The molecule has 0 bridgehead atoms. The van der Waals surface area contributed by atoms with E-state index in [2.05, 4.69) is 45.3 Å². The van der Waals surface area contributed by atoms with E-state index in [1.807, 2.05) is 0 Å². The van der Waals surface area contributed by atoms with Crippen LogP contribution in [0.15, 0.2) is 24.3 Å². The zero-order valence-corrected chi connectivity index (χ0v) is 9.16. The summed E-state index contributed by atoms with van der Waals surface area (Å²) in [6.45, 7) is 3.42. The van der Waals surface area contributed by atoms with E-state index in [1.165, 1.54) is 24.0 Å². The molecule has 1 aromatic carbocycles. The smallest absolute Gasteiger partial charge is 0.0904 e. The van der Waals surface area contributed by atoms with Crippen molar-refractivity contribution in [2.24, 2.45) is 0 Å². The van der Waals surface area contributed by atoms with Gasteiger partial charge in [0.25, 0.3) is 0 Å². The minimum atomic E-state index is 0.583. The lowest BCUT2D eigenvalue weighted by molar-refractivity contribution is -0.900. The number of fused-ring (bicyclic) bond motifs is 1. The lowest BCUT2D eigenvalue weighted by Gasteiger charge is -2.49. The molecule has 0 saturated carbocycles. The minimum Gasteiger partial charge on any atom is -0.453 e. The summed E-state index contributed by atoms with van der Waals surface area (Å²) < 4.78 is 0.896. The molecule has 1 aliphatic rings. The number of rotatable bonds is 1. The van der Waals surface area contributed by atoms with Gasteiger partial charge in [-0.2, -0.15) is 0 Å². The van der Waals surface area contributed by atoms with Crippen LogP contribution >= 0.6 is 0 Å². The van der Waals surface area contributed by atoms with Gasteiger partial charge >= 0.3 is 0 Å². The molecule has 0 fully saturated rings.